The first-order valence-corrected chi connectivity index (χ1v) is 5.85. The Bertz CT molecular complexity index is 443. The number of para-hydroxylation sites is 2. The normalized spacial score (nSPS) is 28.0. The molecule has 2 unspecified atom stereocenters. The minimum atomic E-state index is 0.0948. The molecule has 0 saturated carbocycles. The first kappa shape index (κ1) is 9.70. The molecular formula is C13H16N2O. The van der Waals surface area contributed by atoms with Gasteiger partial charge in [0.05, 0.1) is 23.3 Å². The van der Waals surface area contributed by atoms with Crippen LogP contribution in [0.2, 0.25) is 0 Å². The summed E-state index contributed by atoms with van der Waals surface area (Å²) in [7, 11) is 0. The summed E-state index contributed by atoms with van der Waals surface area (Å²) in [5, 5.41) is 0. The summed E-state index contributed by atoms with van der Waals surface area (Å²) in [6.45, 7) is 5.94. The zero-order valence-electron chi connectivity index (χ0n) is 9.68. The van der Waals surface area contributed by atoms with Crippen molar-refractivity contribution in [2.45, 2.75) is 19.9 Å². The van der Waals surface area contributed by atoms with Gasteiger partial charge in [0.2, 0.25) is 5.91 Å². The molecule has 1 aromatic rings. The molecular weight excluding hydrogens is 200 g/mol. The number of nitrogens with zero attached hydrogens (tertiary/aromatic N) is 2. The Hall–Kier alpha value is -1.51. The molecule has 0 aliphatic carbocycles. The molecule has 84 valence electrons. The first-order chi connectivity index (χ1) is 7.68. The molecule has 4 rings (SSSR count). The van der Waals surface area contributed by atoms with Crippen molar-refractivity contribution < 1.29 is 4.79 Å². The topological polar surface area (TPSA) is 23.6 Å². The SMILES string of the molecule is CC1CN2CC(C)N(C1=O)c1ccccc12. The Labute approximate surface area is 95.7 Å². The van der Waals surface area contributed by atoms with Gasteiger partial charge in [-0.3, -0.25) is 4.79 Å². The van der Waals surface area contributed by atoms with Crippen LogP contribution in [0.15, 0.2) is 24.3 Å². The van der Waals surface area contributed by atoms with Crippen LogP contribution in [0.5, 0.6) is 0 Å². The van der Waals surface area contributed by atoms with Gasteiger partial charge >= 0.3 is 0 Å². The van der Waals surface area contributed by atoms with Gasteiger partial charge in [0, 0.05) is 13.1 Å². The number of carbonyl (C=O) groups excluding carboxylic acids is 1. The molecule has 1 aromatic carbocycles. The fourth-order valence-corrected chi connectivity index (χ4v) is 2.83. The number of amides is 1. The highest BCUT2D eigenvalue weighted by atomic mass is 16.2. The third kappa shape index (κ3) is 1.17. The summed E-state index contributed by atoms with van der Waals surface area (Å²) in [6.07, 6.45) is 0. The van der Waals surface area contributed by atoms with Crippen molar-refractivity contribution in [3.05, 3.63) is 24.3 Å². The van der Waals surface area contributed by atoms with Gasteiger partial charge in [-0.05, 0) is 19.1 Å². The zero-order chi connectivity index (χ0) is 11.3. The van der Waals surface area contributed by atoms with E-state index in [-0.39, 0.29) is 17.9 Å². The molecule has 2 atom stereocenters. The molecule has 16 heavy (non-hydrogen) atoms. The summed E-state index contributed by atoms with van der Waals surface area (Å²) in [6, 6.07) is 8.49. The van der Waals surface area contributed by atoms with Gasteiger partial charge in [-0.25, -0.2) is 0 Å². The maximum absolute atomic E-state index is 12.3. The molecule has 3 aliphatic rings. The average Bonchev–Trinajstić information content (AvgIpc) is 2.44. The van der Waals surface area contributed by atoms with E-state index in [0.29, 0.717) is 0 Å². The van der Waals surface area contributed by atoms with Gasteiger partial charge in [-0.2, -0.15) is 0 Å². The van der Waals surface area contributed by atoms with Crippen LogP contribution < -0.4 is 9.80 Å². The van der Waals surface area contributed by atoms with Crippen LogP contribution >= 0.6 is 0 Å². The average molecular weight is 216 g/mol. The van der Waals surface area contributed by atoms with Crippen LogP contribution in [0.1, 0.15) is 13.8 Å². The van der Waals surface area contributed by atoms with E-state index in [1.165, 1.54) is 5.69 Å². The van der Waals surface area contributed by atoms with E-state index >= 15 is 0 Å². The number of hydrogen-bond donors (Lipinski definition) is 0. The Morgan fingerprint density at radius 2 is 1.81 bits per heavy atom. The zero-order valence-corrected chi connectivity index (χ0v) is 9.68. The van der Waals surface area contributed by atoms with Crippen LogP contribution in [0.4, 0.5) is 11.4 Å². The van der Waals surface area contributed by atoms with E-state index in [0.717, 1.165) is 18.8 Å². The van der Waals surface area contributed by atoms with Crippen LogP contribution in [0.3, 0.4) is 0 Å². The predicted octanol–water partition coefficient (Wildman–Crippen LogP) is 1.88. The second kappa shape index (κ2) is 3.24. The van der Waals surface area contributed by atoms with E-state index in [9.17, 15) is 4.79 Å². The van der Waals surface area contributed by atoms with Gasteiger partial charge in [0.25, 0.3) is 0 Å². The smallest absolute Gasteiger partial charge is 0.231 e. The number of anilines is 2. The van der Waals surface area contributed by atoms with Crippen molar-refractivity contribution >= 4 is 17.3 Å². The fourth-order valence-electron chi connectivity index (χ4n) is 2.83. The van der Waals surface area contributed by atoms with Crippen molar-refractivity contribution in [2.24, 2.45) is 5.92 Å². The number of fused-ring (bicyclic) bond motifs is 3. The number of benzene rings is 1. The summed E-state index contributed by atoms with van der Waals surface area (Å²) >= 11 is 0. The third-order valence-electron chi connectivity index (χ3n) is 3.56. The second-order valence-electron chi connectivity index (χ2n) is 4.85. The molecule has 1 amide bonds. The van der Waals surface area contributed by atoms with Crippen molar-refractivity contribution in [1.29, 1.82) is 0 Å². The Balaban J connectivity index is 2.20. The van der Waals surface area contributed by atoms with Gasteiger partial charge in [-0.15, -0.1) is 0 Å². The van der Waals surface area contributed by atoms with Crippen LogP contribution in [-0.2, 0) is 4.79 Å². The minimum Gasteiger partial charge on any atom is -0.367 e. The molecule has 0 radical (unpaired) electrons. The highest BCUT2D eigenvalue weighted by molar-refractivity contribution is 6.01. The van der Waals surface area contributed by atoms with E-state index in [1.54, 1.807) is 0 Å². The van der Waals surface area contributed by atoms with Crippen molar-refractivity contribution in [3.63, 3.8) is 0 Å². The van der Waals surface area contributed by atoms with Crippen LogP contribution in [0.25, 0.3) is 0 Å². The molecule has 3 heteroatoms. The summed E-state index contributed by atoms with van der Waals surface area (Å²) in [5.74, 6) is 0.359. The van der Waals surface area contributed by atoms with E-state index in [4.69, 9.17) is 0 Å². The lowest BCUT2D eigenvalue weighted by Crippen LogP contribution is -2.46. The number of hydrogen-bond acceptors (Lipinski definition) is 2. The lowest BCUT2D eigenvalue weighted by atomic mass is 10.1. The summed E-state index contributed by atoms with van der Waals surface area (Å²) < 4.78 is 0. The quantitative estimate of drug-likeness (QED) is 0.661. The molecule has 3 aliphatic heterocycles. The minimum absolute atomic E-state index is 0.0948. The Morgan fingerprint density at radius 3 is 2.56 bits per heavy atom. The predicted molar refractivity (Wildman–Crippen MR) is 64.8 cm³/mol. The maximum atomic E-state index is 12.3. The summed E-state index contributed by atoms with van der Waals surface area (Å²) in [4.78, 5) is 16.6. The van der Waals surface area contributed by atoms with Crippen LogP contribution in [0, 0.1) is 5.92 Å². The standard InChI is InChI=1S/C13H16N2O/c1-9-7-14-8-10(2)15(13(9)16)12-6-4-3-5-11(12)14/h3-6,9-10H,7-8H2,1-2H3. The summed E-state index contributed by atoms with van der Waals surface area (Å²) in [5.41, 5.74) is 2.29. The molecule has 3 nitrogen and oxygen atoms in total. The van der Waals surface area contributed by atoms with Gasteiger partial charge in [0.15, 0.2) is 0 Å². The fraction of sp³-hybridized carbons (Fsp3) is 0.462. The lowest BCUT2D eigenvalue weighted by Gasteiger charge is -2.38. The molecule has 0 N–H and O–H groups in total. The molecule has 1 fully saturated rings. The van der Waals surface area contributed by atoms with Gasteiger partial charge in [0.1, 0.15) is 0 Å². The number of carbonyl (C=O) groups is 1. The highest BCUT2D eigenvalue weighted by Crippen LogP contribution is 2.39. The second-order valence-corrected chi connectivity index (χ2v) is 4.85. The van der Waals surface area contributed by atoms with Crippen molar-refractivity contribution in [1.82, 2.24) is 0 Å². The molecule has 0 aromatic heterocycles. The Morgan fingerprint density at radius 1 is 1.12 bits per heavy atom. The van der Waals surface area contributed by atoms with Gasteiger partial charge < -0.3 is 9.80 Å². The van der Waals surface area contributed by atoms with Crippen molar-refractivity contribution in [2.75, 3.05) is 22.9 Å². The highest BCUT2D eigenvalue weighted by Gasteiger charge is 2.38. The monoisotopic (exact) mass is 216 g/mol. The first-order valence-electron chi connectivity index (χ1n) is 5.85. The molecule has 3 heterocycles. The maximum Gasteiger partial charge on any atom is 0.231 e. The van der Waals surface area contributed by atoms with Gasteiger partial charge in [-0.1, -0.05) is 19.1 Å². The molecule has 0 spiro atoms. The lowest BCUT2D eigenvalue weighted by molar-refractivity contribution is -0.121. The molecule has 2 bridgehead atoms. The van der Waals surface area contributed by atoms with E-state index in [2.05, 4.69) is 17.9 Å². The van der Waals surface area contributed by atoms with Crippen molar-refractivity contribution in [3.8, 4) is 0 Å². The van der Waals surface area contributed by atoms with Crippen LogP contribution in [-0.4, -0.2) is 25.0 Å². The third-order valence-corrected chi connectivity index (χ3v) is 3.56. The van der Waals surface area contributed by atoms with E-state index in [1.807, 2.05) is 30.0 Å². The number of rotatable bonds is 0. The van der Waals surface area contributed by atoms with E-state index < -0.39 is 0 Å². The Kier molecular flexibility index (Phi) is 1.96. The largest absolute Gasteiger partial charge is 0.367 e. The molecule has 1 saturated heterocycles.